The zero-order valence-electron chi connectivity index (χ0n) is 12.9. The highest BCUT2D eigenvalue weighted by molar-refractivity contribution is 5.91. The molecule has 1 aliphatic rings. The molecule has 0 aromatic carbocycles. The maximum absolute atomic E-state index is 11.8. The Morgan fingerprint density at radius 2 is 2.19 bits per heavy atom. The number of hydrogen-bond donors (Lipinski definition) is 2. The zero-order chi connectivity index (χ0) is 15.3. The van der Waals surface area contributed by atoms with Crippen LogP contribution in [0, 0.1) is 5.92 Å². The minimum absolute atomic E-state index is 0.206. The lowest BCUT2D eigenvalue weighted by atomic mass is 9.88. The molecule has 21 heavy (non-hydrogen) atoms. The second kappa shape index (κ2) is 6.94. The molecule has 4 nitrogen and oxygen atoms in total. The van der Waals surface area contributed by atoms with E-state index in [-0.39, 0.29) is 5.91 Å². The van der Waals surface area contributed by atoms with Crippen LogP contribution in [0.2, 0.25) is 0 Å². The van der Waals surface area contributed by atoms with Gasteiger partial charge in [-0.2, -0.15) is 0 Å². The molecule has 1 amide bonds. The van der Waals surface area contributed by atoms with Gasteiger partial charge in [0.15, 0.2) is 0 Å². The van der Waals surface area contributed by atoms with Gasteiger partial charge in [-0.15, -0.1) is 0 Å². The van der Waals surface area contributed by atoms with Gasteiger partial charge in [-0.1, -0.05) is 19.8 Å². The Kier molecular flexibility index (Phi) is 5.23. The first-order valence-electron chi connectivity index (χ1n) is 7.78. The summed E-state index contributed by atoms with van der Waals surface area (Å²) in [4.78, 5) is 11.8. The van der Waals surface area contributed by atoms with Crippen LogP contribution in [0.4, 0.5) is 0 Å². The molecule has 1 atom stereocenters. The summed E-state index contributed by atoms with van der Waals surface area (Å²) in [6.45, 7) is 4.12. The van der Waals surface area contributed by atoms with Crippen molar-refractivity contribution in [2.24, 2.45) is 5.92 Å². The van der Waals surface area contributed by atoms with Crippen LogP contribution in [-0.4, -0.2) is 23.2 Å². The highest BCUT2D eigenvalue weighted by Gasteiger charge is 2.33. The number of carbonyl (C=O) groups is 1. The predicted octanol–water partition coefficient (Wildman–Crippen LogP) is 2.91. The van der Waals surface area contributed by atoms with Crippen molar-refractivity contribution in [3.05, 3.63) is 29.7 Å². The molecule has 116 valence electrons. The second-order valence-corrected chi connectivity index (χ2v) is 6.05. The van der Waals surface area contributed by atoms with E-state index in [2.05, 4.69) is 5.32 Å². The van der Waals surface area contributed by atoms with Crippen LogP contribution in [0.3, 0.4) is 0 Å². The Morgan fingerprint density at radius 1 is 1.48 bits per heavy atom. The molecule has 0 aliphatic heterocycles. The van der Waals surface area contributed by atoms with Gasteiger partial charge in [0.1, 0.15) is 11.5 Å². The van der Waals surface area contributed by atoms with Crippen molar-refractivity contribution >= 4 is 12.0 Å². The summed E-state index contributed by atoms with van der Waals surface area (Å²) in [6, 6.07) is 3.75. The minimum Gasteiger partial charge on any atom is -0.462 e. The predicted molar refractivity (Wildman–Crippen MR) is 82.7 cm³/mol. The average Bonchev–Trinajstić information content (AvgIpc) is 3.13. The maximum atomic E-state index is 11.8. The number of nitrogens with one attached hydrogen (secondary N) is 1. The lowest BCUT2D eigenvalue weighted by Crippen LogP contribution is -2.44. The van der Waals surface area contributed by atoms with E-state index in [1.807, 2.05) is 26.0 Å². The summed E-state index contributed by atoms with van der Waals surface area (Å²) in [7, 11) is 0. The van der Waals surface area contributed by atoms with E-state index < -0.39 is 5.60 Å². The fraction of sp³-hybridized carbons (Fsp3) is 0.588. The summed E-state index contributed by atoms with van der Waals surface area (Å²) in [5.41, 5.74) is -0.819. The van der Waals surface area contributed by atoms with Crippen molar-refractivity contribution < 1.29 is 14.3 Å². The van der Waals surface area contributed by atoms with Gasteiger partial charge in [0.2, 0.25) is 5.91 Å². The van der Waals surface area contributed by atoms with E-state index in [1.54, 1.807) is 6.08 Å². The van der Waals surface area contributed by atoms with Crippen molar-refractivity contribution in [1.82, 2.24) is 5.32 Å². The number of carbonyl (C=O) groups excluding carboxylic acids is 1. The Morgan fingerprint density at radius 3 is 2.81 bits per heavy atom. The third-order valence-electron chi connectivity index (χ3n) is 4.29. The highest BCUT2D eigenvalue weighted by atomic mass is 16.3. The molecule has 1 saturated carbocycles. The molecule has 4 heteroatoms. The van der Waals surface area contributed by atoms with Gasteiger partial charge in [-0.3, -0.25) is 4.79 Å². The van der Waals surface area contributed by atoms with Gasteiger partial charge in [0.25, 0.3) is 0 Å². The van der Waals surface area contributed by atoms with E-state index in [9.17, 15) is 9.90 Å². The van der Waals surface area contributed by atoms with Crippen LogP contribution < -0.4 is 5.32 Å². The monoisotopic (exact) mass is 291 g/mol. The summed E-state index contributed by atoms with van der Waals surface area (Å²) >= 11 is 0. The molecule has 0 spiro atoms. The maximum Gasteiger partial charge on any atom is 0.244 e. The second-order valence-electron chi connectivity index (χ2n) is 6.05. The van der Waals surface area contributed by atoms with E-state index in [4.69, 9.17) is 4.42 Å². The molecular weight excluding hydrogens is 266 g/mol. The molecule has 1 unspecified atom stereocenters. The molecule has 1 fully saturated rings. The van der Waals surface area contributed by atoms with Crippen molar-refractivity contribution in [3.8, 4) is 0 Å². The first-order valence-corrected chi connectivity index (χ1v) is 7.78. The van der Waals surface area contributed by atoms with Crippen LogP contribution in [-0.2, 0) is 11.2 Å². The van der Waals surface area contributed by atoms with E-state index >= 15 is 0 Å². The van der Waals surface area contributed by atoms with E-state index in [0.717, 1.165) is 25.0 Å². The third-order valence-corrected chi connectivity index (χ3v) is 4.29. The molecule has 0 radical (unpaired) electrons. The summed E-state index contributed by atoms with van der Waals surface area (Å²) in [5.74, 6) is 1.66. The fourth-order valence-electron chi connectivity index (χ4n) is 2.85. The molecular formula is C17H25NO3. The summed E-state index contributed by atoms with van der Waals surface area (Å²) in [5, 5.41) is 13.2. The third kappa shape index (κ3) is 4.46. The van der Waals surface area contributed by atoms with Crippen molar-refractivity contribution in [2.75, 3.05) is 6.54 Å². The quantitative estimate of drug-likeness (QED) is 0.792. The normalized spacial score (nSPS) is 19.0. The molecule has 0 bridgehead atoms. The van der Waals surface area contributed by atoms with Gasteiger partial charge in [0.05, 0.1) is 5.60 Å². The van der Waals surface area contributed by atoms with Gasteiger partial charge in [0, 0.05) is 19.0 Å². The first-order chi connectivity index (χ1) is 10.0. The SMILES string of the molecule is CCc1ccc(C=CC(=O)NCC(C)(O)C2CCCC2)o1. The van der Waals surface area contributed by atoms with Gasteiger partial charge in [-0.25, -0.2) is 0 Å². The number of furan rings is 1. The minimum atomic E-state index is -0.819. The largest absolute Gasteiger partial charge is 0.462 e. The zero-order valence-corrected chi connectivity index (χ0v) is 12.9. The van der Waals surface area contributed by atoms with Gasteiger partial charge >= 0.3 is 0 Å². The molecule has 2 rings (SSSR count). The van der Waals surface area contributed by atoms with Crippen LogP contribution in [0.15, 0.2) is 22.6 Å². The van der Waals surface area contributed by atoms with Crippen molar-refractivity contribution in [2.45, 2.75) is 51.6 Å². The van der Waals surface area contributed by atoms with Gasteiger partial charge in [-0.05, 0) is 43.9 Å². The van der Waals surface area contributed by atoms with Crippen LogP contribution in [0.5, 0.6) is 0 Å². The molecule has 0 saturated heterocycles. The molecule has 1 aromatic heterocycles. The highest BCUT2D eigenvalue weighted by Crippen LogP contribution is 2.33. The first kappa shape index (κ1) is 15.8. The molecule has 1 aromatic rings. The Bertz CT molecular complexity index is 496. The Labute approximate surface area is 126 Å². The van der Waals surface area contributed by atoms with Crippen LogP contribution >= 0.6 is 0 Å². The topological polar surface area (TPSA) is 62.5 Å². The lowest BCUT2D eigenvalue weighted by Gasteiger charge is -2.30. The number of aryl methyl sites for hydroxylation is 1. The Hall–Kier alpha value is -1.55. The average molecular weight is 291 g/mol. The van der Waals surface area contributed by atoms with Crippen molar-refractivity contribution in [3.63, 3.8) is 0 Å². The molecule has 2 N–H and O–H groups in total. The lowest BCUT2D eigenvalue weighted by molar-refractivity contribution is -0.118. The Balaban J connectivity index is 1.81. The van der Waals surface area contributed by atoms with Crippen molar-refractivity contribution in [1.29, 1.82) is 0 Å². The number of aliphatic hydroxyl groups is 1. The summed E-state index contributed by atoms with van der Waals surface area (Å²) < 4.78 is 5.49. The molecule has 1 heterocycles. The fourth-order valence-corrected chi connectivity index (χ4v) is 2.85. The molecule has 1 aliphatic carbocycles. The van der Waals surface area contributed by atoms with Crippen LogP contribution in [0.1, 0.15) is 51.1 Å². The van der Waals surface area contributed by atoms with Crippen LogP contribution in [0.25, 0.3) is 6.08 Å². The number of hydrogen-bond acceptors (Lipinski definition) is 3. The number of amides is 1. The number of rotatable bonds is 6. The summed E-state index contributed by atoms with van der Waals surface area (Å²) in [6.07, 6.45) is 8.38. The van der Waals surface area contributed by atoms with E-state index in [0.29, 0.717) is 18.2 Å². The standard InChI is InChI=1S/C17H25NO3/c1-3-14-8-9-15(21-14)10-11-16(19)18-12-17(2,20)13-6-4-5-7-13/h8-11,13,20H,3-7,12H2,1-2H3,(H,18,19). The smallest absolute Gasteiger partial charge is 0.244 e. The van der Waals surface area contributed by atoms with Gasteiger partial charge < -0.3 is 14.8 Å². The van der Waals surface area contributed by atoms with E-state index in [1.165, 1.54) is 18.9 Å².